The topological polar surface area (TPSA) is 82.1 Å². The summed E-state index contributed by atoms with van der Waals surface area (Å²) in [6, 6.07) is 0. The molecule has 2 fully saturated rings. The number of aliphatic hydroxyl groups is 1. The Kier molecular flexibility index (Phi) is 6.10. The van der Waals surface area contributed by atoms with Gasteiger partial charge >= 0.3 is 11.9 Å². The number of ether oxygens (including phenoxy) is 3. The molecule has 0 aliphatic carbocycles. The molecular formula is C22H30O6. The summed E-state index contributed by atoms with van der Waals surface area (Å²) in [6.45, 7) is 9.13. The van der Waals surface area contributed by atoms with Gasteiger partial charge in [0.1, 0.15) is 24.4 Å². The third-order valence-electron chi connectivity index (χ3n) is 6.08. The van der Waals surface area contributed by atoms with Crippen molar-refractivity contribution in [2.24, 2.45) is 5.92 Å². The fraction of sp³-hybridized carbons (Fsp3) is 0.636. The number of carbonyl (C=O) groups excluding carboxylic acids is 2. The molecule has 0 aromatic heterocycles. The summed E-state index contributed by atoms with van der Waals surface area (Å²) >= 11 is 0. The highest BCUT2D eigenvalue weighted by molar-refractivity contribution is 5.91. The van der Waals surface area contributed by atoms with Crippen LogP contribution in [0.5, 0.6) is 0 Å². The first kappa shape index (κ1) is 20.8. The van der Waals surface area contributed by atoms with Crippen LogP contribution in [0.25, 0.3) is 0 Å². The van der Waals surface area contributed by atoms with Gasteiger partial charge in [-0.3, -0.25) is 4.79 Å². The number of esters is 2. The van der Waals surface area contributed by atoms with Gasteiger partial charge in [-0.15, -0.1) is 0 Å². The summed E-state index contributed by atoms with van der Waals surface area (Å²) in [6.07, 6.45) is 6.01. The van der Waals surface area contributed by atoms with Crippen molar-refractivity contribution in [3.63, 3.8) is 0 Å². The Bertz CT molecular complexity index is 721. The van der Waals surface area contributed by atoms with E-state index in [-0.39, 0.29) is 12.5 Å². The van der Waals surface area contributed by atoms with E-state index in [2.05, 4.69) is 25.7 Å². The Labute approximate surface area is 166 Å². The predicted octanol–water partition coefficient (Wildman–Crippen LogP) is 3.00. The molecule has 2 saturated heterocycles. The van der Waals surface area contributed by atoms with Crippen molar-refractivity contribution in [2.75, 3.05) is 6.61 Å². The quantitative estimate of drug-likeness (QED) is 0.443. The summed E-state index contributed by atoms with van der Waals surface area (Å²) in [5.41, 5.74) is 1.31. The molecule has 3 heterocycles. The molecule has 0 amide bonds. The van der Waals surface area contributed by atoms with E-state index in [1.807, 2.05) is 6.92 Å². The second-order valence-corrected chi connectivity index (χ2v) is 8.24. The molecule has 28 heavy (non-hydrogen) atoms. The van der Waals surface area contributed by atoms with Crippen molar-refractivity contribution in [3.8, 4) is 0 Å². The molecule has 5 atom stereocenters. The lowest BCUT2D eigenvalue weighted by molar-refractivity contribution is -0.206. The highest BCUT2D eigenvalue weighted by Gasteiger charge is 2.53. The molecule has 2 bridgehead atoms. The lowest BCUT2D eigenvalue weighted by Gasteiger charge is -2.44. The second-order valence-electron chi connectivity index (χ2n) is 8.24. The van der Waals surface area contributed by atoms with Gasteiger partial charge < -0.3 is 19.3 Å². The normalized spacial score (nSPS) is 38.1. The van der Waals surface area contributed by atoms with Crippen LogP contribution in [-0.2, 0) is 23.8 Å². The fourth-order valence-corrected chi connectivity index (χ4v) is 4.30. The summed E-state index contributed by atoms with van der Waals surface area (Å²) in [7, 11) is 0. The molecule has 0 aromatic rings. The van der Waals surface area contributed by atoms with Crippen molar-refractivity contribution in [1.29, 1.82) is 0 Å². The number of rotatable bonds is 2. The predicted molar refractivity (Wildman–Crippen MR) is 103 cm³/mol. The molecule has 3 aliphatic heterocycles. The number of hydrogen-bond donors (Lipinski definition) is 1. The van der Waals surface area contributed by atoms with Gasteiger partial charge in [-0.1, -0.05) is 24.3 Å². The SMILES string of the molecule is C=C1C(=O)O[C@@H]2[C@@H]1C[C@H]1O[C@H]2C(C)=CCC/C(C)=C/CC[C@]1(O)COC(C)=O. The molecule has 6 heteroatoms. The van der Waals surface area contributed by atoms with Gasteiger partial charge in [-0.05, 0) is 51.5 Å². The maximum absolute atomic E-state index is 12.1. The van der Waals surface area contributed by atoms with Crippen LogP contribution in [0, 0.1) is 5.92 Å². The Morgan fingerprint density at radius 1 is 1.36 bits per heavy atom. The van der Waals surface area contributed by atoms with Crippen LogP contribution in [0.15, 0.2) is 35.5 Å². The van der Waals surface area contributed by atoms with Crippen LogP contribution in [0.2, 0.25) is 0 Å². The van der Waals surface area contributed by atoms with Crippen molar-refractivity contribution < 1.29 is 28.9 Å². The molecule has 3 aliphatic rings. The van der Waals surface area contributed by atoms with E-state index in [0.29, 0.717) is 24.8 Å². The van der Waals surface area contributed by atoms with Crippen molar-refractivity contribution in [2.45, 2.75) is 76.8 Å². The first-order valence-electron chi connectivity index (χ1n) is 9.94. The van der Waals surface area contributed by atoms with Crippen LogP contribution < -0.4 is 0 Å². The van der Waals surface area contributed by atoms with Crippen molar-refractivity contribution in [3.05, 3.63) is 35.5 Å². The van der Waals surface area contributed by atoms with E-state index in [1.165, 1.54) is 12.5 Å². The van der Waals surface area contributed by atoms with Crippen molar-refractivity contribution >= 4 is 11.9 Å². The second kappa shape index (κ2) is 8.21. The van der Waals surface area contributed by atoms with Gasteiger partial charge in [0.2, 0.25) is 0 Å². The molecule has 6 nitrogen and oxygen atoms in total. The molecule has 1 N–H and O–H groups in total. The zero-order valence-corrected chi connectivity index (χ0v) is 16.9. The van der Waals surface area contributed by atoms with E-state index in [1.54, 1.807) is 0 Å². The Morgan fingerprint density at radius 2 is 2.11 bits per heavy atom. The molecule has 0 aromatic carbocycles. The zero-order chi connectivity index (χ0) is 20.5. The smallest absolute Gasteiger partial charge is 0.334 e. The number of carbonyl (C=O) groups is 2. The molecule has 3 rings (SSSR count). The van der Waals surface area contributed by atoms with Gasteiger partial charge in [0.25, 0.3) is 0 Å². The molecule has 0 saturated carbocycles. The average Bonchev–Trinajstić information content (AvgIpc) is 2.93. The summed E-state index contributed by atoms with van der Waals surface area (Å²) < 4.78 is 17.1. The fourth-order valence-electron chi connectivity index (χ4n) is 4.30. The highest BCUT2D eigenvalue weighted by atomic mass is 16.6. The van der Waals surface area contributed by atoms with E-state index < -0.39 is 35.9 Å². The Hall–Kier alpha value is -1.92. The molecule has 0 unspecified atom stereocenters. The lowest BCUT2D eigenvalue weighted by Crippen LogP contribution is -2.56. The third kappa shape index (κ3) is 4.23. The number of allylic oxidation sites excluding steroid dienone is 3. The minimum atomic E-state index is -1.35. The zero-order valence-electron chi connectivity index (χ0n) is 16.9. The first-order chi connectivity index (χ1) is 13.2. The molecule has 0 radical (unpaired) electrons. The van der Waals surface area contributed by atoms with Gasteiger partial charge in [-0.25, -0.2) is 4.79 Å². The Balaban J connectivity index is 1.97. The summed E-state index contributed by atoms with van der Waals surface area (Å²) in [5.74, 6) is -1.07. The maximum Gasteiger partial charge on any atom is 0.334 e. The molecule has 154 valence electrons. The maximum atomic E-state index is 12.1. The minimum Gasteiger partial charge on any atom is -0.463 e. The van der Waals surface area contributed by atoms with E-state index >= 15 is 0 Å². The monoisotopic (exact) mass is 390 g/mol. The van der Waals surface area contributed by atoms with Gasteiger partial charge in [0.05, 0.1) is 6.10 Å². The minimum absolute atomic E-state index is 0.145. The molecular weight excluding hydrogens is 360 g/mol. The van der Waals surface area contributed by atoms with E-state index in [0.717, 1.165) is 18.4 Å². The van der Waals surface area contributed by atoms with Gasteiger partial charge in [0, 0.05) is 18.4 Å². The van der Waals surface area contributed by atoms with Crippen LogP contribution in [0.1, 0.15) is 52.9 Å². The van der Waals surface area contributed by atoms with Crippen LogP contribution in [-0.4, -0.2) is 47.6 Å². The Morgan fingerprint density at radius 3 is 2.82 bits per heavy atom. The van der Waals surface area contributed by atoms with E-state index in [9.17, 15) is 14.7 Å². The number of hydrogen-bond acceptors (Lipinski definition) is 6. The highest BCUT2D eigenvalue weighted by Crippen LogP contribution is 2.44. The van der Waals surface area contributed by atoms with Gasteiger partial charge in [-0.2, -0.15) is 0 Å². The standard InChI is InChI=1S/C22H30O6/c1-13-7-5-9-14(2)19-20-17(15(3)21(24)28-20)11-18(27-19)22(25,10-6-8-13)12-26-16(4)23/h8-9,17-20,25H,3,5-7,10-12H2,1-2,4H3/b13-8+,14-9?/t17-,18-,19+,20-,22+/m1/s1. The van der Waals surface area contributed by atoms with Gasteiger partial charge in [0.15, 0.2) is 0 Å². The third-order valence-corrected chi connectivity index (χ3v) is 6.08. The van der Waals surface area contributed by atoms with Crippen LogP contribution >= 0.6 is 0 Å². The lowest BCUT2D eigenvalue weighted by atomic mass is 9.77. The van der Waals surface area contributed by atoms with E-state index in [4.69, 9.17) is 14.2 Å². The van der Waals surface area contributed by atoms with Crippen molar-refractivity contribution in [1.82, 2.24) is 0 Å². The van der Waals surface area contributed by atoms with Crippen LogP contribution in [0.4, 0.5) is 0 Å². The van der Waals surface area contributed by atoms with Crippen LogP contribution in [0.3, 0.4) is 0 Å². The summed E-state index contributed by atoms with van der Waals surface area (Å²) in [5, 5.41) is 11.5. The largest absolute Gasteiger partial charge is 0.463 e. The number of fused-ring (bicyclic) bond motifs is 4. The average molecular weight is 390 g/mol. The summed E-state index contributed by atoms with van der Waals surface area (Å²) in [4.78, 5) is 23.5. The molecule has 0 spiro atoms. The first-order valence-corrected chi connectivity index (χ1v) is 9.94.